The third-order valence-corrected chi connectivity index (χ3v) is 4.01. The summed E-state index contributed by atoms with van der Waals surface area (Å²) in [6.07, 6.45) is 3.06. The van der Waals surface area contributed by atoms with Gasteiger partial charge in [-0.05, 0) is 36.6 Å². The minimum Gasteiger partial charge on any atom is -0.505 e. The molecule has 1 aliphatic rings. The molecule has 0 spiro atoms. The van der Waals surface area contributed by atoms with Crippen LogP contribution in [0.25, 0.3) is 0 Å². The van der Waals surface area contributed by atoms with Crippen molar-refractivity contribution in [1.29, 1.82) is 0 Å². The second-order valence-corrected chi connectivity index (χ2v) is 5.68. The summed E-state index contributed by atoms with van der Waals surface area (Å²) in [4.78, 5) is 11.8. The maximum Gasteiger partial charge on any atom is 0.186 e. The number of benzene rings is 1. The molecule has 1 aromatic carbocycles. The molecule has 0 unspecified atom stereocenters. The number of anilines is 1. The average Bonchev–Trinajstić information content (AvgIpc) is 3.00. The molecular weight excluding hydrogens is 292 g/mol. The fourth-order valence-corrected chi connectivity index (χ4v) is 2.49. The van der Waals surface area contributed by atoms with Gasteiger partial charge in [-0.2, -0.15) is 0 Å². The van der Waals surface area contributed by atoms with E-state index in [0.717, 1.165) is 29.0 Å². The van der Waals surface area contributed by atoms with Crippen LogP contribution in [0, 0.1) is 6.92 Å². The van der Waals surface area contributed by atoms with Gasteiger partial charge in [0.25, 0.3) is 0 Å². The highest BCUT2D eigenvalue weighted by Gasteiger charge is 2.28. The fraction of sp³-hybridized carbons (Fsp3) is 0.278. The lowest BCUT2D eigenvalue weighted by Gasteiger charge is -2.25. The molecule has 5 nitrogen and oxygen atoms in total. The van der Waals surface area contributed by atoms with Crippen molar-refractivity contribution >= 4 is 11.5 Å². The van der Waals surface area contributed by atoms with E-state index in [0.29, 0.717) is 24.4 Å². The summed E-state index contributed by atoms with van der Waals surface area (Å²) in [5.41, 5.74) is 3.81. The first-order chi connectivity index (χ1) is 11.1. The van der Waals surface area contributed by atoms with Crippen LogP contribution >= 0.6 is 0 Å². The maximum atomic E-state index is 11.8. The quantitative estimate of drug-likeness (QED) is 0.714. The number of aryl methyl sites for hydroxylation is 2. The zero-order chi connectivity index (χ0) is 16.4. The van der Waals surface area contributed by atoms with Crippen molar-refractivity contribution in [3.05, 3.63) is 58.8 Å². The SMILES string of the molecule is CCc1coc(CNC2=C(Nc3cccc(C)c3O)C(=O)C2)c1. The summed E-state index contributed by atoms with van der Waals surface area (Å²) in [6, 6.07) is 7.41. The summed E-state index contributed by atoms with van der Waals surface area (Å²) >= 11 is 0. The number of nitrogens with one attached hydrogen (secondary N) is 2. The number of para-hydroxylation sites is 1. The monoisotopic (exact) mass is 312 g/mol. The molecule has 0 radical (unpaired) electrons. The van der Waals surface area contributed by atoms with Crippen LogP contribution in [-0.2, 0) is 17.8 Å². The van der Waals surface area contributed by atoms with Crippen molar-refractivity contribution in [2.45, 2.75) is 33.2 Å². The molecule has 1 heterocycles. The van der Waals surface area contributed by atoms with E-state index >= 15 is 0 Å². The van der Waals surface area contributed by atoms with E-state index < -0.39 is 0 Å². The average molecular weight is 312 g/mol. The second kappa shape index (κ2) is 6.20. The topological polar surface area (TPSA) is 74.5 Å². The Labute approximate surface area is 135 Å². The Morgan fingerprint density at radius 2 is 2.17 bits per heavy atom. The lowest BCUT2D eigenvalue weighted by molar-refractivity contribution is -0.116. The van der Waals surface area contributed by atoms with E-state index in [-0.39, 0.29) is 11.5 Å². The third-order valence-electron chi connectivity index (χ3n) is 4.01. The largest absolute Gasteiger partial charge is 0.505 e. The molecule has 1 aliphatic carbocycles. The lowest BCUT2D eigenvalue weighted by atomic mass is 9.98. The molecule has 0 aliphatic heterocycles. The van der Waals surface area contributed by atoms with Crippen LogP contribution in [0.15, 0.2) is 46.3 Å². The lowest BCUT2D eigenvalue weighted by Crippen LogP contribution is -2.32. The van der Waals surface area contributed by atoms with Crippen molar-refractivity contribution in [3.63, 3.8) is 0 Å². The summed E-state index contributed by atoms with van der Waals surface area (Å²) in [5, 5.41) is 16.3. The van der Waals surface area contributed by atoms with Crippen LogP contribution in [0.2, 0.25) is 0 Å². The Morgan fingerprint density at radius 3 is 2.87 bits per heavy atom. The normalized spacial score (nSPS) is 13.9. The Morgan fingerprint density at radius 1 is 1.35 bits per heavy atom. The molecule has 1 aromatic heterocycles. The molecule has 0 amide bonds. The molecule has 0 fully saturated rings. The van der Waals surface area contributed by atoms with Crippen LogP contribution < -0.4 is 10.6 Å². The van der Waals surface area contributed by atoms with Gasteiger partial charge in [-0.3, -0.25) is 4.79 Å². The van der Waals surface area contributed by atoms with Gasteiger partial charge in [-0.1, -0.05) is 19.1 Å². The molecule has 120 valence electrons. The van der Waals surface area contributed by atoms with Gasteiger partial charge in [-0.25, -0.2) is 0 Å². The van der Waals surface area contributed by atoms with Crippen LogP contribution in [0.1, 0.15) is 30.2 Å². The van der Waals surface area contributed by atoms with E-state index in [9.17, 15) is 9.90 Å². The molecule has 0 bridgehead atoms. The first kappa shape index (κ1) is 15.2. The molecule has 3 N–H and O–H groups in total. The number of rotatable bonds is 6. The molecule has 2 aromatic rings. The zero-order valence-corrected chi connectivity index (χ0v) is 13.3. The van der Waals surface area contributed by atoms with E-state index in [1.807, 2.05) is 25.1 Å². The first-order valence-electron chi connectivity index (χ1n) is 7.70. The van der Waals surface area contributed by atoms with Gasteiger partial charge in [-0.15, -0.1) is 0 Å². The number of phenols is 1. The number of ketones is 1. The minimum absolute atomic E-state index is 0.0297. The van der Waals surface area contributed by atoms with Gasteiger partial charge in [0.1, 0.15) is 17.2 Å². The first-order valence-corrected chi connectivity index (χ1v) is 7.70. The summed E-state index contributed by atoms with van der Waals surface area (Å²) in [6.45, 7) is 4.43. The number of furan rings is 1. The van der Waals surface area contributed by atoms with Crippen LogP contribution in [0.4, 0.5) is 5.69 Å². The Balaban J connectivity index is 1.71. The molecule has 0 saturated heterocycles. The van der Waals surface area contributed by atoms with Gasteiger partial charge in [0.15, 0.2) is 5.78 Å². The molecule has 0 saturated carbocycles. The molecule has 5 heteroatoms. The summed E-state index contributed by atoms with van der Waals surface area (Å²) in [7, 11) is 0. The third kappa shape index (κ3) is 3.08. The number of hydrogen-bond acceptors (Lipinski definition) is 5. The number of Topliss-reactive ketones (excluding diaryl/α,β-unsaturated/α-hetero) is 1. The van der Waals surface area contributed by atoms with E-state index in [4.69, 9.17) is 4.42 Å². The van der Waals surface area contributed by atoms with E-state index in [1.165, 1.54) is 0 Å². The van der Waals surface area contributed by atoms with E-state index in [2.05, 4.69) is 17.6 Å². The molecule has 23 heavy (non-hydrogen) atoms. The number of carbonyl (C=O) groups excluding carboxylic acids is 1. The van der Waals surface area contributed by atoms with Gasteiger partial charge in [0.2, 0.25) is 0 Å². The zero-order valence-electron chi connectivity index (χ0n) is 13.3. The Hall–Kier alpha value is -2.69. The van der Waals surface area contributed by atoms with Crippen molar-refractivity contribution in [1.82, 2.24) is 5.32 Å². The predicted molar refractivity (Wildman–Crippen MR) is 88.0 cm³/mol. The van der Waals surface area contributed by atoms with Gasteiger partial charge >= 0.3 is 0 Å². The Kier molecular flexibility index (Phi) is 4.10. The van der Waals surface area contributed by atoms with Crippen LogP contribution in [-0.4, -0.2) is 10.9 Å². The van der Waals surface area contributed by atoms with Crippen molar-refractivity contribution in [2.75, 3.05) is 5.32 Å². The standard InChI is InChI=1S/C18H20N2O3/c1-3-12-7-13(23-10-12)9-19-15-8-16(21)17(15)20-14-6-4-5-11(2)18(14)22/h4-7,10,19-20,22H,3,8-9H2,1-2H3. The highest BCUT2D eigenvalue weighted by Crippen LogP contribution is 2.31. The smallest absolute Gasteiger partial charge is 0.186 e. The summed E-state index contributed by atoms with van der Waals surface area (Å²) in [5.74, 6) is 1.03. The van der Waals surface area contributed by atoms with Crippen LogP contribution in [0.3, 0.4) is 0 Å². The number of hydrogen-bond donors (Lipinski definition) is 3. The highest BCUT2D eigenvalue weighted by molar-refractivity contribution is 6.06. The van der Waals surface area contributed by atoms with Gasteiger partial charge in [0, 0.05) is 5.70 Å². The predicted octanol–water partition coefficient (Wildman–Crippen LogP) is 3.24. The highest BCUT2D eigenvalue weighted by atomic mass is 16.3. The maximum absolute atomic E-state index is 11.8. The van der Waals surface area contributed by atoms with Crippen LogP contribution in [0.5, 0.6) is 5.75 Å². The van der Waals surface area contributed by atoms with Crippen molar-refractivity contribution in [2.24, 2.45) is 0 Å². The number of carbonyl (C=O) groups is 1. The van der Waals surface area contributed by atoms with Crippen molar-refractivity contribution in [3.8, 4) is 5.75 Å². The van der Waals surface area contributed by atoms with Crippen molar-refractivity contribution < 1.29 is 14.3 Å². The molecule has 3 rings (SSSR count). The van der Waals surface area contributed by atoms with Gasteiger partial charge in [0.05, 0.1) is 24.9 Å². The minimum atomic E-state index is 0.0297. The number of aromatic hydroxyl groups is 1. The molecular formula is C18H20N2O3. The van der Waals surface area contributed by atoms with E-state index in [1.54, 1.807) is 12.3 Å². The number of allylic oxidation sites excluding steroid dienone is 2. The molecule has 0 atom stereocenters. The number of phenolic OH excluding ortho intramolecular Hbond substituents is 1. The Bertz CT molecular complexity index is 774. The van der Waals surface area contributed by atoms with Gasteiger partial charge < -0.3 is 20.2 Å². The second-order valence-electron chi connectivity index (χ2n) is 5.68. The fourth-order valence-electron chi connectivity index (χ4n) is 2.49. The summed E-state index contributed by atoms with van der Waals surface area (Å²) < 4.78 is 5.46.